The standard InChI is InChI=1S/C12H17N3O2S/c1-3-5-10(4-2)15-18(16,17)12-7-6-11(8-13)14-9-12/h6-7,9-10,15H,3-5H2,1-2H3. The third-order valence-corrected chi connectivity index (χ3v) is 4.12. The largest absolute Gasteiger partial charge is 0.244 e. The first-order chi connectivity index (χ1) is 8.53. The Morgan fingerprint density at radius 1 is 1.44 bits per heavy atom. The minimum Gasteiger partial charge on any atom is -0.244 e. The summed E-state index contributed by atoms with van der Waals surface area (Å²) in [4.78, 5) is 3.86. The zero-order valence-corrected chi connectivity index (χ0v) is 11.4. The zero-order valence-electron chi connectivity index (χ0n) is 10.5. The fourth-order valence-corrected chi connectivity index (χ4v) is 2.89. The molecule has 1 heterocycles. The second-order valence-electron chi connectivity index (χ2n) is 4.01. The third-order valence-electron chi connectivity index (χ3n) is 2.61. The van der Waals surface area contributed by atoms with E-state index < -0.39 is 10.0 Å². The molecule has 6 heteroatoms. The van der Waals surface area contributed by atoms with Gasteiger partial charge in [0.1, 0.15) is 16.7 Å². The summed E-state index contributed by atoms with van der Waals surface area (Å²) in [6.07, 6.45) is 3.68. The van der Waals surface area contributed by atoms with Gasteiger partial charge in [0.15, 0.2) is 0 Å². The van der Waals surface area contributed by atoms with Crippen LogP contribution in [-0.2, 0) is 10.0 Å². The van der Waals surface area contributed by atoms with Crippen LogP contribution < -0.4 is 4.72 Å². The molecule has 1 unspecified atom stereocenters. The molecule has 1 N–H and O–H groups in total. The number of nitriles is 1. The molecular formula is C12H17N3O2S. The van der Waals surface area contributed by atoms with E-state index in [2.05, 4.69) is 9.71 Å². The van der Waals surface area contributed by atoms with Crippen LogP contribution in [0.15, 0.2) is 23.2 Å². The van der Waals surface area contributed by atoms with Gasteiger partial charge in [-0.05, 0) is 25.0 Å². The molecule has 0 aliphatic rings. The van der Waals surface area contributed by atoms with E-state index in [0.717, 1.165) is 19.3 Å². The number of rotatable bonds is 6. The van der Waals surface area contributed by atoms with Crippen molar-refractivity contribution in [3.05, 3.63) is 24.0 Å². The lowest BCUT2D eigenvalue weighted by molar-refractivity contribution is 0.512. The normalized spacial score (nSPS) is 12.9. The molecular weight excluding hydrogens is 250 g/mol. The Labute approximate surface area is 108 Å². The highest BCUT2D eigenvalue weighted by atomic mass is 32.2. The van der Waals surface area contributed by atoms with Crippen molar-refractivity contribution in [1.82, 2.24) is 9.71 Å². The minimum absolute atomic E-state index is 0.0596. The summed E-state index contributed by atoms with van der Waals surface area (Å²) in [7, 11) is -3.54. The number of pyridine rings is 1. The van der Waals surface area contributed by atoms with Crippen LogP contribution in [0.3, 0.4) is 0 Å². The van der Waals surface area contributed by atoms with Gasteiger partial charge in [-0.1, -0.05) is 20.3 Å². The molecule has 0 fully saturated rings. The van der Waals surface area contributed by atoms with Gasteiger partial charge in [-0.2, -0.15) is 5.26 Å². The highest BCUT2D eigenvalue weighted by Crippen LogP contribution is 2.11. The second-order valence-corrected chi connectivity index (χ2v) is 5.72. The van der Waals surface area contributed by atoms with Crippen molar-refractivity contribution in [2.75, 3.05) is 0 Å². The number of nitrogens with one attached hydrogen (secondary N) is 1. The molecule has 18 heavy (non-hydrogen) atoms. The molecule has 0 saturated carbocycles. The van der Waals surface area contributed by atoms with Gasteiger partial charge in [-0.25, -0.2) is 18.1 Å². The maximum Gasteiger partial charge on any atom is 0.242 e. The number of hydrogen-bond acceptors (Lipinski definition) is 4. The maximum absolute atomic E-state index is 12.0. The van der Waals surface area contributed by atoms with E-state index in [1.807, 2.05) is 19.9 Å². The van der Waals surface area contributed by atoms with Gasteiger partial charge in [0.2, 0.25) is 10.0 Å². The second kappa shape index (κ2) is 6.47. The van der Waals surface area contributed by atoms with Crippen molar-refractivity contribution in [2.24, 2.45) is 0 Å². The van der Waals surface area contributed by atoms with Gasteiger partial charge < -0.3 is 0 Å². The van der Waals surface area contributed by atoms with E-state index >= 15 is 0 Å². The molecule has 0 aliphatic heterocycles. The van der Waals surface area contributed by atoms with E-state index in [-0.39, 0.29) is 16.6 Å². The van der Waals surface area contributed by atoms with E-state index in [0.29, 0.717) is 0 Å². The zero-order chi connectivity index (χ0) is 13.6. The molecule has 1 rings (SSSR count). The summed E-state index contributed by atoms with van der Waals surface area (Å²) >= 11 is 0. The lowest BCUT2D eigenvalue weighted by Crippen LogP contribution is -2.34. The lowest BCUT2D eigenvalue weighted by Gasteiger charge is -2.15. The molecule has 0 aromatic carbocycles. The Bertz CT molecular complexity index is 517. The van der Waals surface area contributed by atoms with Crippen molar-refractivity contribution >= 4 is 10.0 Å². The molecule has 0 spiro atoms. The van der Waals surface area contributed by atoms with Crippen molar-refractivity contribution in [2.45, 2.75) is 44.0 Å². The highest BCUT2D eigenvalue weighted by molar-refractivity contribution is 7.89. The van der Waals surface area contributed by atoms with Crippen LogP contribution in [0.4, 0.5) is 0 Å². The summed E-state index contributed by atoms with van der Waals surface area (Å²) < 4.78 is 26.7. The van der Waals surface area contributed by atoms with Gasteiger partial charge in [-0.3, -0.25) is 0 Å². The van der Waals surface area contributed by atoms with Gasteiger partial charge in [-0.15, -0.1) is 0 Å². The summed E-state index contributed by atoms with van der Waals surface area (Å²) in [6.45, 7) is 3.96. The fraction of sp³-hybridized carbons (Fsp3) is 0.500. The Balaban J connectivity index is 2.88. The molecule has 1 atom stereocenters. The van der Waals surface area contributed by atoms with Crippen LogP contribution in [-0.4, -0.2) is 19.4 Å². The topological polar surface area (TPSA) is 82.9 Å². The molecule has 0 aliphatic carbocycles. The Kier molecular flexibility index (Phi) is 5.25. The smallest absolute Gasteiger partial charge is 0.242 e. The minimum atomic E-state index is -3.54. The number of aromatic nitrogens is 1. The predicted molar refractivity (Wildman–Crippen MR) is 68.3 cm³/mol. The van der Waals surface area contributed by atoms with E-state index in [1.54, 1.807) is 0 Å². The van der Waals surface area contributed by atoms with Crippen LogP contribution in [0, 0.1) is 11.3 Å². The van der Waals surface area contributed by atoms with Crippen LogP contribution in [0.5, 0.6) is 0 Å². The first-order valence-corrected chi connectivity index (χ1v) is 7.40. The van der Waals surface area contributed by atoms with Crippen LogP contribution in [0.1, 0.15) is 38.8 Å². The van der Waals surface area contributed by atoms with Gasteiger partial charge >= 0.3 is 0 Å². The number of nitrogens with zero attached hydrogens (tertiary/aromatic N) is 2. The SMILES string of the molecule is CCCC(CC)NS(=O)(=O)c1ccc(C#N)nc1. The average Bonchev–Trinajstić information content (AvgIpc) is 2.38. The summed E-state index contributed by atoms with van der Waals surface area (Å²) in [5.74, 6) is 0. The third kappa shape index (κ3) is 3.79. The monoisotopic (exact) mass is 267 g/mol. The van der Waals surface area contributed by atoms with Gasteiger partial charge in [0.25, 0.3) is 0 Å². The lowest BCUT2D eigenvalue weighted by atomic mass is 10.1. The first-order valence-electron chi connectivity index (χ1n) is 5.92. The number of sulfonamides is 1. The molecule has 98 valence electrons. The van der Waals surface area contributed by atoms with Crippen LogP contribution >= 0.6 is 0 Å². The van der Waals surface area contributed by atoms with Crippen molar-refractivity contribution in [3.63, 3.8) is 0 Å². The molecule has 0 saturated heterocycles. The van der Waals surface area contributed by atoms with Crippen LogP contribution in [0.25, 0.3) is 0 Å². The van der Waals surface area contributed by atoms with E-state index in [4.69, 9.17) is 5.26 Å². The number of hydrogen-bond donors (Lipinski definition) is 1. The Morgan fingerprint density at radius 2 is 2.17 bits per heavy atom. The highest BCUT2D eigenvalue weighted by Gasteiger charge is 2.18. The summed E-state index contributed by atoms with van der Waals surface area (Å²) in [6, 6.07) is 4.59. The van der Waals surface area contributed by atoms with Crippen molar-refractivity contribution in [1.29, 1.82) is 5.26 Å². The first kappa shape index (κ1) is 14.6. The van der Waals surface area contributed by atoms with Crippen molar-refractivity contribution < 1.29 is 8.42 Å². The fourth-order valence-electron chi connectivity index (χ4n) is 1.59. The van der Waals surface area contributed by atoms with E-state index in [1.165, 1.54) is 18.3 Å². The molecule has 0 radical (unpaired) electrons. The quantitative estimate of drug-likeness (QED) is 0.852. The molecule has 5 nitrogen and oxygen atoms in total. The predicted octanol–water partition coefficient (Wildman–Crippen LogP) is 1.81. The Morgan fingerprint density at radius 3 is 2.61 bits per heavy atom. The molecule has 0 bridgehead atoms. The van der Waals surface area contributed by atoms with Gasteiger partial charge in [0.05, 0.1) is 0 Å². The maximum atomic E-state index is 12.0. The van der Waals surface area contributed by atoms with Gasteiger partial charge in [0, 0.05) is 12.2 Å². The van der Waals surface area contributed by atoms with E-state index in [9.17, 15) is 8.42 Å². The molecule has 1 aromatic rings. The van der Waals surface area contributed by atoms with Crippen LogP contribution in [0.2, 0.25) is 0 Å². The Hall–Kier alpha value is -1.45. The average molecular weight is 267 g/mol. The van der Waals surface area contributed by atoms with Crippen molar-refractivity contribution in [3.8, 4) is 6.07 Å². The summed E-state index contributed by atoms with van der Waals surface area (Å²) in [5.41, 5.74) is 0.203. The summed E-state index contributed by atoms with van der Waals surface area (Å²) in [5, 5.41) is 8.61. The molecule has 0 amide bonds. The molecule has 1 aromatic heterocycles.